The second-order valence-electron chi connectivity index (χ2n) is 6.66. The van der Waals surface area contributed by atoms with E-state index >= 15 is 0 Å². The van der Waals surface area contributed by atoms with Crippen LogP contribution in [-0.4, -0.2) is 17.0 Å². The summed E-state index contributed by atoms with van der Waals surface area (Å²) in [5.41, 5.74) is -1.48. The van der Waals surface area contributed by atoms with Gasteiger partial charge in [0.1, 0.15) is 0 Å². The minimum Gasteiger partial charge on any atom is -0.369 e. The van der Waals surface area contributed by atoms with Gasteiger partial charge in [-0.2, -0.15) is 13.2 Å². The first-order valence-electron chi connectivity index (χ1n) is 6.84. The molecule has 0 saturated carbocycles. The molecule has 0 bridgehead atoms. The van der Waals surface area contributed by atoms with Gasteiger partial charge in [-0.05, 0) is 46.2 Å². The smallest absolute Gasteiger partial charge is 0.369 e. The summed E-state index contributed by atoms with van der Waals surface area (Å²) in [4.78, 5) is 12.6. The van der Waals surface area contributed by atoms with Crippen LogP contribution in [-0.2, 0) is 10.9 Å². The number of benzene rings is 1. The van der Waals surface area contributed by atoms with Crippen molar-refractivity contribution >= 4 is 5.78 Å². The van der Waals surface area contributed by atoms with Crippen LogP contribution in [0.4, 0.5) is 13.2 Å². The molecule has 1 fully saturated rings. The molecule has 0 aromatic heterocycles. The summed E-state index contributed by atoms with van der Waals surface area (Å²) in [5.74, 6) is -0.525. The fraction of sp³-hybridized carbons (Fsp3) is 0.562. The highest BCUT2D eigenvalue weighted by atomic mass is 19.4. The van der Waals surface area contributed by atoms with Crippen LogP contribution in [0, 0.1) is 5.92 Å². The largest absolute Gasteiger partial charge is 0.416 e. The third-order valence-corrected chi connectivity index (χ3v) is 3.89. The van der Waals surface area contributed by atoms with Crippen molar-refractivity contribution in [2.45, 2.75) is 51.5 Å². The average molecular weight is 300 g/mol. The Morgan fingerprint density at radius 2 is 1.67 bits per heavy atom. The molecule has 0 radical (unpaired) electrons. The normalized spacial score (nSPS) is 24.0. The molecule has 1 heterocycles. The first kappa shape index (κ1) is 16.0. The highest BCUT2D eigenvalue weighted by Crippen LogP contribution is 2.43. The van der Waals surface area contributed by atoms with Gasteiger partial charge >= 0.3 is 6.18 Å². The summed E-state index contributed by atoms with van der Waals surface area (Å²) in [7, 11) is 0. The maximum absolute atomic E-state index is 12.6. The predicted octanol–water partition coefficient (Wildman–Crippen LogP) is 4.48. The maximum atomic E-state index is 12.6. The van der Waals surface area contributed by atoms with Gasteiger partial charge in [-0.25, -0.2) is 0 Å². The molecule has 1 aromatic carbocycles. The number of Topliss-reactive ketones (excluding diaryl/α,β-unsaturated/α-hetero) is 1. The minimum absolute atomic E-state index is 0.167. The second-order valence-corrected chi connectivity index (χ2v) is 6.66. The van der Waals surface area contributed by atoms with Crippen LogP contribution < -0.4 is 0 Å². The molecule has 0 aliphatic carbocycles. The van der Waals surface area contributed by atoms with Gasteiger partial charge in [-0.3, -0.25) is 4.79 Å². The molecule has 116 valence electrons. The molecule has 5 heteroatoms. The standard InChI is InChI=1S/C16H19F3O2/c1-14(2)9-12(15(3,4)21-14)13(20)10-5-7-11(8-6-10)16(17,18)19/h5-8,12H,9H2,1-4H3. The summed E-state index contributed by atoms with van der Waals surface area (Å²) in [5, 5.41) is 0. The number of hydrogen-bond acceptors (Lipinski definition) is 2. The van der Waals surface area contributed by atoms with Crippen molar-refractivity contribution in [3.8, 4) is 0 Å². The molecule has 2 nitrogen and oxygen atoms in total. The van der Waals surface area contributed by atoms with Crippen LogP contribution >= 0.6 is 0 Å². The summed E-state index contributed by atoms with van der Waals surface area (Å²) in [6.07, 6.45) is -3.83. The number of carbonyl (C=O) groups is 1. The van der Waals surface area contributed by atoms with Crippen molar-refractivity contribution in [1.82, 2.24) is 0 Å². The highest BCUT2D eigenvalue weighted by Gasteiger charge is 2.49. The fourth-order valence-corrected chi connectivity index (χ4v) is 3.00. The van der Waals surface area contributed by atoms with E-state index in [2.05, 4.69) is 0 Å². The van der Waals surface area contributed by atoms with E-state index < -0.39 is 22.9 Å². The van der Waals surface area contributed by atoms with E-state index in [4.69, 9.17) is 4.74 Å². The molecular formula is C16H19F3O2. The zero-order chi connectivity index (χ0) is 16.1. The summed E-state index contributed by atoms with van der Waals surface area (Å²) in [6, 6.07) is 4.38. The topological polar surface area (TPSA) is 26.3 Å². The van der Waals surface area contributed by atoms with Gasteiger partial charge in [0.15, 0.2) is 5.78 Å². The van der Waals surface area contributed by atoms with Crippen molar-refractivity contribution < 1.29 is 22.7 Å². The molecule has 2 rings (SSSR count). The van der Waals surface area contributed by atoms with Crippen molar-refractivity contribution in [1.29, 1.82) is 0 Å². The lowest BCUT2D eigenvalue weighted by atomic mass is 9.81. The SMILES string of the molecule is CC1(C)CC(C(=O)c2ccc(C(F)(F)F)cc2)C(C)(C)O1. The highest BCUT2D eigenvalue weighted by molar-refractivity contribution is 5.98. The number of alkyl halides is 3. The molecule has 0 N–H and O–H groups in total. The Balaban J connectivity index is 2.25. The van der Waals surface area contributed by atoms with Crippen molar-refractivity contribution in [2.24, 2.45) is 5.92 Å². The lowest BCUT2D eigenvalue weighted by Crippen LogP contribution is -2.33. The molecule has 1 aromatic rings. The second kappa shape index (κ2) is 4.83. The minimum atomic E-state index is -4.39. The third-order valence-electron chi connectivity index (χ3n) is 3.89. The van der Waals surface area contributed by atoms with E-state index in [1.54, 1.807) is 0 Å². The number of halogens is 3. The fourth-order valence-electron chi connectivity index (χ4n) is 3.00. The van der Waals surface area contributed by atoms with E-state index in [0.29, 0.717) is 12.0 Å². The monoisotopic (exact) mass is 300 g/mol. The first-order chi connectivity index (χ1) is 9.42. The molecule has 0 spiro atoms. The predicted molar refractivity (Wildman–Crippen MR) is 73.1 cm³/mol. The maximum Gasteiger partial charge on any atom is 0.416 e. The first-order valence-corrected chi connectivity index (χ1v) is 6.84. The van der Waals surface area contributed by atoms with Crippen molar-refractivity contribution in [3.05, 3.63) is 35.4 Å². The summed E-state index contributed by atoms with van der Waals surface area (Å²) < 4.78 is 43.5. The van der Waals surface area contributed by atoms with Crippen LogP contribution in [0.2, 0.25) is 0 Å². The number of hydrogen-bond donors (Lipinski definition) is 0. The van der Waals surface area contributed by atoms with Crippen molar-refractivity contribution in [2.75, 3.05) is 0 Å². The molecule has 21 heavy (non-hydrogen) atoms. The van der Waals surface area contributed by atoms with Crippen molar-refractivity contribution in [3.63, 3.8) is 0 Å². The lowest BCUT2D eigenvalue weighted by Gasteiger charge is -2.26. The quantitative estimate of drug-likeness (QED) is 0.753. The molecule has 1 aliphatic heterocycles. The number of ether oxygens (including phenoxy) is 1. The lowest BCUT2D eigenvalue weighted by molar-refractivity contribution is -0.137. The van der Waals surface area contributed by atoms with E-state index in [0.717, 1.165) is 12.1 Å². The Hall–Kier alpha value is -1.36. The van der Waals surface area contributed by atoms with Gasteiger partial charge in [0.05, 0.1) is 22.7 Å². The molecular weight excluding hydrogens is 281 g/mol. The third kappa shape index (κ3) is 3.28. The Bertz CT molecular complexity index is 542. The van der Waals surface area contributed by atoms with Gasteiger partial charge in [0.2, 0.25) is 0 Å². The van der Waals surface area contributed by atoms with Gasteiger partial charge in [-0.15, -0.1) is 0 Å². The molecule has 0 amide bonds. The molecule has 1 aliphatic rings. The van der Waals surface area contributed by atoms with Crippen LogP contribution in [0.1, 0.15) is 50.0 Å². The zero-order valence-corrected chi connectivity index (χ0v) is 12.5. The number of rotatable bonds is 2. The van der Waals surface area contributed by atoms with Crippen LogP contribution in [0.3, 0.4) is 0 Å². The van der Waals surface area contributed by atoms with Gasteiger partial charge in [0.25, 0.3) is 0 Å². The van der Waals surface area contributed by atoms with Gasteiger partial charge in [-0.1, -0.05) is 12.1 Å². The Morgan fingerprint density at radius 3 is 2.05 bits per heavy atom. The van der Waals surface area contributed by atoms with E-state index in [9.17, 15) is 18.0 Å². The Labute approximate surface area is 122 Å². The summed E-state index contributed by atoms with van der Waals surface area (Å²) >= 11 is 0. The average Bonchev–Trinajstić information content (AvgIpc) is 2.55. The van der Waals surface area contributed by atoms with E-state index in [1.807, 2.05) is 27.7 Å². The molecule has 1 saturated heterocycles. The molecule has 1 atom stereocenters. The summed E-state index contributed by atoms with van der Waals surface area (Å²) in [6.45, 7) is 7.51. The number of carbonyl (C=O) groups excluding carboxylic acids is 1. The van der Waals surface area contributed by atoms with Gasteiger partial charge < -0.3 is 4.74 Å². The van der Waals surface area contributed by atoms with Crippen LogP contribution in [0.15, 0.2) is 24.3 Å². The Morgan fingerprint density at radius 1 is 1.14 bits per heavy atom. The van der Waals surface area contributed by atoms with E-state index in [1.165, 1.54) is 12.1 Å². The molecule has 1 unspecified atom stereocenters. The van der Waals surface area contributed by atoms with Gasteiger partial charge in [0, 0.05) is 5.56 Å². The van der Waals surface area contributed by atoms with Crippen LogP contribution in [0.5, 0.6) is 0 Å². The Kier molecular flexibility index (Phi) is 3.69. The zero-order valence-electron chi connectivity index (χ0n) is 12.5. The van der Waals surface area contributed by atoms with E-state index in [-0.39, 0.29) is 11.7 Å². The number of ketones is 1. The van der Waals surface area contributed by atoms with Crippen LogP contribution in [0.25, 0.3) is 0 Å².